The molecule has 0 radical (unpaired) electrons. The van der Waals surface area contributed by atoms with Gasteiger partial charge in [0, 0.05) is 31.4 Å². The highest BCUT2D eigenvalue weighted by Crippen LogP contribution is 2.29. The average Bonchev–Trinajstić information content (AvgIpc) is 2.75. The van der Waals surface area contributed by atoms with Crippen LogP contribution < -0.4 is 10.6 Å². The first-order valence-corrected chi connectivity index (χ1v) is 6.47. The number of rotatable bonds is 5. The van der Waals surface area contributed by atoms with Gasteiger partial charge in [0.15, 0.2) is 5.82 Å². The lowest BCUT2D eigenvalue weighted by Gasteiger charge is -2.16. The Morgan fingerprint density at radius 1 is 1.26 bits per heavy atom. The Hall–Kier alpha value is -2.11. The summed E-state index contributed by atoms with van der Waals surface area (Å²) in [5.41, 5.74) is 1.08. The van der Waals surface area contributed by atoms with Crippen molar-refractivity contribution < 1.29 is 0 Å². The fraction of sp³-hybridized carbons (Fsp3) is 0.462. The standard InChI is InChI=1S/C13H20N6/c1-5-14-12-11(9(2)3)13(16-8-15-12)17-10-6-7-19(4)18-10/h6-9H,5H2,1-4H3,(H2,14,15,16,17,18). The van der Waals surface area contributed by atoms with Crippen molar-refractivity contribution in [3.63, 3.8) is 0 Å². The second-order valence-corrected chi connectivity index (χ2v) is 4.67. The number of nitrogens with zero attached hydrogens (tertiary/aromatic N) is 4. The molecule has 0 saturated heterocycles. The summed E-state index contributed by atoms with van der Waals surface area (Å²) in [5, 5.41) is 10.8. The Bertz CT molecular complexity index is 546. The van der Waals surface area contributed by atoms with E-state index in [9.17, 15) is 0 Å². The quantitative estimate of drug-likeness (QED) is 0.864. The second-order valence-electron chi connectivity index (χ2n) is 4.67. The van der Waals surface area contributed by atoms with E-state index in [0.717, 1.165) is 29.6 Å². The maximum atomic E-state index is 4.34. The van der Waals surface area contributed by atoms with Gasteiger partial charge in [-0.05, 0) is 12.8 Å². The van der Waals surface area contributed by atoms with Gasteiger partial charge in [-0.15, -0.1) is 0 Å². The molecule has 6 nitrogen and oxygen atoms in total. The van der Waals surface area contributed by atoms with Gasteiger partial charge in [0.1, 0.15) is 18.0 Å². The van der Waals surface area contributed by atoms with Gasteiger partial charge in [-0.25, -0.2) is 9.97 Å². The summed E-state index contributed by atoms with van der Waals surface area (Å²) in [7, 11) is 1.89. The molecular formula is C13H20N6. The van der Waals surface area contributed by atoms with Crippen LogP contribution in [0.3, 0.4) is 0 Å². The number of aryl methyl sites for hydroxylation is 1. The number of anilines is 3. The highest BCUT2D eigenvalue weighted by molar-refractivity contribution is 5.63. The average molecular weight is 260 g/mol. The Kier molecular flexibility index (Phi) is 3.99. The fourth-order valence-electron chi connectivity index (χ4n) is 1.95. The normalized spacial score (nSPS) is 10.8. The molecule has 0 saturated carbocycles. The van der Waals surface area contributed by atoms with Crippen LogP contribution in [0.25, 0.3) is 0 Å². The van der Waals surface area contributed by atoms with E-state index in [1.807, 2.05) is 19.3 Å². The summed E-state index contributed by atoms with van der Waals surface area (Å²) >= 11 is 0. The van der Waals surface area contributed by atoms with Crippen molar-refractivity contribution in [1.82, 2.24) is 19.7 Å². The lowest BCUT2D eigenvalue weighted by Crippen LogP contribution is -2.09. The summed E-state index contributed by atoms with van der Waals surface area (Å²) in [5.74, 6) is 2.79. The molecule has 0 atom stereocenters. The fourth-order valence-corrected chi connectivity index (χ4v) is 1.95. The highest BCUT2D eigenvalue weighted by atomic mass is 15.3. The van der Waals surface area contributed by atoms with Crippen molar-refractivity contribution >= 4 is 17.5 Å². The second kappa shape index (κ2) is 5.69. The predicted molar refractivity (Wildman–Crippen MR) is 76.8 cm³/mol. The minimum Gasteiger partial charge on any atom is -0.370 e. The van der Waals surface area contributed by atoms with Gasteiger partial charge in [0.2, 0.25) is 0 Å². The van der Waals surface area contributed by atoms with Crippen LogP contribution >= 0.6 is 0 Å². The first kappa shape index (κ1) is 13.3. The van der Waals surface area contributed by atoms with Crippen LogP contribution in [0.5, 0.6) is 0 Å². The molecule has 2 aromatic heterocycles. The molecule has 2 rings (SSSR count). The van der Waals surface area contributed by atoms with Crippen LogP contribution in [0.1, 0.15) is 32.3 Å². The third kappa shape index (κ3) is 3.01. The van der Waals surface area contributed by atoms with E-state index in [0.29, 0.717) is 5.92 Å². The third-order valence-electron chi connectivity index (χ3n) is 2.77. The number of hydrogen-bond donors (Lipinski definition) is 2. The van der Waals surface area contributed by atoms with Crippen molar-refractivity contribution in [3.05, 3.63) is 24.2 Å². The van der Waals surface area contributed by atoms with Gasteiger partial charge in [0.05, 0.1) is 0 Å². The summed E-state index contributed by atoms with van der Waals surface area (Å²) in [6.07, 6.45) is 3.46. The van der Waals surface area contributed by atoms with E-state index < -0.39 is 0 Å². The molecule has 0 amide bonds. The molecule has 19 heavy (non-hydrogen) atoms. The number of aromatic nitrogens is 4. The molecule has 2 heterocycles. The summed E-state index contributed by atoms with van der Waals surface area (Å²) in [6, 6.07) is 1.92. The number of nitrogens with one attached hydrogen (secondary N) is 2. The minimum absolute atomic E-state index is 0.321. The molecule has 0 unspecified atom stereocenters. The maximum absolute atomic E-state index is 4.34. The molecule has 0 aliphatic rings. The van der Waals surface area contributed by atoms with E-state index in [2.05, 4.69) is 46.5 Å². The zero-order chi connectivity index (χ0) is 13.8. The van der Waals surface area contributed by atoms with Crippen LogP contribution in [0.2, 0.25) is 0 Å². The Labute approximate surface area is 113 Å². The van der Waals surface area contributed by atoms with Gasteiger partial charge in [-0.3, -0.25) is 4.68 Å². The van der Waals surface area contributed by atoms with E-state index in [-0.39, 0.29) is 0 Å². The lowest BCUT2D eigenvalue weighted by molar-refractivity contribution is 0.770. The largest absolute Gasteiger partial charge is 0.370 e. The molecular weight excluding hydrogens is 240 g/mol. The van der Waals surface area contributed by atoms with Crippen LogP contribution in [-0.4, -0.2) is 26.3 Å². The highest BCUT2D eigenvalue weighted by Gasteiger charge is 2.15. The van der Waals surface area contributed by atoms with Crippen LogP contribution in [-0.2, 0) is 7.05 Å². The first-order chi connectivity index (χ1) is 9.11. The monoisotopic (exact) mass is 260 g/mol. The molecule has 0 aliphatic carbocycles. The Morgan fingerprint density at radius 3 is 2.58 bits per heavy atom. The van der Waals surface area contributed by atoms with Gasteiger partial charge >= 0.3 is 0 Å². The molecule has 0 aromatic carbocycles. The third-order valence-corrected chi connectivity index (χ3v) is 2.77. The molecule has 6 heteroatoms. The Balaban J connectivity index is 2.35. The zero-order valence-corrected chi connectivity index (χ0v) is 11.8. The smallest absolute Gasteiger partial charge is 0.153 e. The van der Waals surface area contributed by atoms with E-state index in [1.54, 1.807) is 11.0 Å². The van der Waals surface area contributed by atoms with E-state index in [1.165, 1.54) is 0 Å². The van der Waals surface area contributed by atoms with Crippen molar-refractivity contribution in [2.75, 3.05) is 17.2 Å². The van der Waals surface area contributed by atoms with Crippen molar-refractivity contribution in [1.29, 1.82) is 0 Å². The lowest BCUT2D eigenvalue weighted by atomic mass is 10.0. The molecule has 102 valence electrons. The molecule has 0 bridgehead atoms. The van der Waals surface area contributed by atoms with Gasteiger partial charge < -0.3 is 10.6 Å². The van der Waals surface area contributed by atoms with Gasteiger partial charge in [0.25, 0.3) is 0 Å². The van der Waals surface area contributed by atoms with Crippen molar-refractivity contribution in [2.45, 2.75) is 26.7 Å². The predicted octanol–water partition coefficient (Wildman–Crippen LogP) is 2.51. The topological polar surface area (TPSA) is 67.7 Å². The van der Waals surface area contributed by atoms with Crippen LogP contribution in [0.15, 0.2) is 18.6 Å². The first-order valence-electron chi connectivity index (χ1n) is 6.47. The zero-order valence-electron chi connectivity index (χ0n) is 11.8. The van der Waals surface area contributed by atoms with Crippen molar-refractivity contribution in [2.24, 2.45) is 7.05 Å². The maximum Gasteiger partial charge on any atom is 0.153 e. The van der Waals surface area contributed by atoms with Gasteiger partial charge in [-0.1, -0.05) is 13.8 Å². The van der Waals surface area contributed by atoms with Gasteiger partial charge in [-0.2, -0.15) is 5.10 Å². The number of hydrogen-bond acceptors (Lipinski definition) is 5. The Morgan fingerprint density at radius 2 is 2.00 bits per heavy atom. The van der Waals surface area contributed by atoms with Crippen molar-refractivity contribution in [3.8, 4) is 0 Å². The molecule has 0 spiro atoms. The molecule has 2 N–H and O–H groups in total. The summed E-state index contributed by atoms with van der Waals surface area (Å²) in [6.45, 7) is 7.14. The summed E-state index contributed by atoms with van der Waals surface area (Å²) < 4.78 is 1.75. The molecule has 0 aliphatic heterocycles. The van der Waals surface area contributed by atoms with E-state index in [4.69, 9.17) is 0 Å². The molecule has 2 aromatic rings. The van der Waals surface area contributed by atoms with Crippen LogP contribution in [0, 0.1) is 0 Å². The SMILES string of the molecule is CCNc1ncnc(Nc2ccn(C)n2)c1C(C)C. The van der Waals surface area contributed by atoms with Crippen LogP contribution in [0.4, 0.5) is 17.5 Å². The molecule has 0 fully saturated rings. The minimum atomic E-state index is 0.321. The van der Waals surface area contributed by atoms with E-state index >= 15 is 0 Å². The summed E-state index contributed by atoms with van der Waals surface area (Å²) in [4.78, 5) is 8.65.